The maximum atomic E-state index is 12.2. The lowest BCUT2D eigenvalue weighted by atomic mass is 9.80. The van der Waals surface area contributed by atoms with Crippen molar-refractivity contribution in [3.05, 3.63) is 109 Å². The zero-order valence-corrected chi connectivity index (χ0v) is 48.3. The molecule has 0 saturated heterocycles. The predicted octanol–water partition coefficient (Wildman–Crippen LogP) is 14.2. The van der Waals surface area contributed by atoms with Gasteiger partial charge in [0, 0.05) is 45.6 Å². The molecule has 0 spiro atoms. The Bertz CT molecular complexity index is 1700. The highest BCUT2D eigenvalue weighted by molar-refractivity contribution is 6.99. The van der Waals surface area contributed by atoms with E-state index < -0.39 is 33.0 Å². The fourth-order valence-electron chi connectivity index (χ4n) is 9.63. The third-order valence-electron chi connectivity index (χ3n) is 14.3. The van der Waals surface area contributed by atoms with Crippen LogP contribution in [0.2, 0.25) is 67.0 Å². The van der Waals surface area contributed by atoms with Gasteiger partial charge in [0.1, 0.15) is 0 Å². The molecular weight excluding hydrogens is 869 g/mol. The molecule has 0 fully saturated rings. The highest BCUT2D eigenvalue weighted by Crippen LogP contribution is 2.39. The molecule has 0 aliphatic heterocycles. The van der Waals surface area contributed by atoms with Crippen LogP contribution in [0.15, 0.2) is 109 Å². The van der Waals surface area contributed by atoms with Crippen molar-refractivity contribution in [1.29, 1.82) is 0 Å². The topological polar surface area (TPSA) is 63.2 Å². The van der Waals surface area contributed by atoms with E-state index in [1.807, 2.05) is 19.3 Å². The van der Waals surface area contributed by atoms with E-state index in [0.717, 1.165) is 48.7 Å². The zero-order chi connectivity index (χ0) is 48.9. The molecule has 0 aliphatic carbocycles. The van der Waals surface area contributed by atoms with Crippen molar-refractivity contribution < 1.29 is 27.5 Å². The Hall–Kier alpha value is -2.42. The van der Waals surface area contributed by atoms with Crippen molar-refractivity contribution in [2.45, 2.75) is 182 Å². The molecule has 10 heteroatoms. The molecule has 0 N–H and O–H groups in total. The summed E-state index contributed by atoms with van der Waals surface area (Å²) in [6.07, 6.45) is 14.3. The molecule has 2 rings (SSSR count). The summed E-state index contributed by atoms with van der Waals surface area (Å²) in [7, 11) is -6.21. The molecule has 0 aromatic heterocycles. The normalized spacial score (nSPS) is 16.5. The highest BCUT2D eigenvalue weighted by atomic mass is 28.4. The van der Waals surface area contributed by atoms with Crippen molar-refractivity contribution in [3.63, 3.8) is 0 Å². The van der Waals surface area contributed by atoms with Crippen LogP contribution in [-0.2, 0) is 27.5 Å². The van der Waals surface area contributed by atoms with Crippen molar-refractivity contribution in [1.82, 2.24) is 0 Å². The van der Waals surface area contributed by atoms with Crippen LogP contribution in [0.1, 0.15) is 96.4 Å². The van der Waals surface area contributed by atoms with E-state index in [0.29, 0.717) is 13.2 Å². The Morgan fingerprint density at radius 3 is 1.62 bits per heavy atom. The molecule has 0 bridgehead atoms. The molecule has 6 atom stereocenters. The second kappa shape index (κ2) is 28.2. The van der Waals surface area contributed by atoms with Gasteiger partial charge < -0.3 is 22.8 Å². The number of carbonyl (C=O) groups excluding carboxylic acids is 1. The molecule has 366 valence electrons. The molecule has 0 aliphatic rings. The van der Waals surface area contributed by atoms with Gasteiger partial charge in [-0.25, -0.2) is 4.79 Å². The van der Waals surface area contributed by atoms with Gasteiger partial charge in [-0.1, -0.05) is 200 Å². The van der Waals surface area contributed by atoms with Crippen LogP contribution < -0.4 is 10.4 Å². The number of hydrogen-bond acceptors (Lipinski definition) is 6. The number of ether oxygens (including phenoxy) is 2. The number of esters is 1. The number of methoxy groups -OCH3 is 1. The van der Waals surface area contributed by atoms with Gasteiger partial charge in [0.25, 0.3) is 8.32 Å². The van der Waals surface area contributed by atoms with Gasteiger partial charge in [0.2, 0.25) is 0 Å². The van der Waals surface area contributed by atoms with Gasteiger partial charge in [0.05, 0.1) is 24.9 Å². The van der Waals surface area contributed by atoms with E-state index in [2.05, 4.69) is 189 Å². The molecule has 6 nitrogen and oxygen atoms in total. The fourth-order valence-corrected chi connectivity index (χ4v) is 20.9. The van der Waals surface area contributed by atoms with Crippen LogP contribution >= 0.6 is 0 Å². The lowest BCUT2D eigenvalue weighted by Gasteiger charge is -2.46. The molecule has 0 radical (unpaired) electrons. The van der Waals surface area contributed by atoms with E-state index >= 15 is 0 Å². The van der Waals surface area contributed by atoms with E-state index in [-0.39, 0.29) is 47.1 Å². The second-order valence-electron chi connectivity index (χ2n) is 20.7. The Balaban J connectivity index is 2.56. The zero-order valence-electron chi connectivity index (χ0n) is 44.3. The minimum Gasteiger partial charge on any atom is -0.463 e. The fraction of sp³-hybridized carbons (Fsp3) is 0.618. The lowest BCUT2D eigenvalue weighted by molar-refractivity contribution is -0.137. The molecular formula is C55H94O6Si4. The standard InChI is InChI=1S/C55H94O6Si4/c1-18-63(19-2,20-3)60-53(46(8)36-34-42-59-65(55(11,12)13,49-37-29-26-30-38-49)50-39-31-27-32-40-50)48(10)54(61-64(21-4,22-5)23-6)47(9)52(57-14)45(7)35-28-24-25-33-41-51(56)58-43-44-62(15,16)17/h24-33,35-41,45,47-48,52-54H,18-23,34,42-44H2,1-17H3/b25-24+,35-28+,41-33+,46-36+/t45-,47+,48+,52+,53-,54+/m0/s1. The maximum Gasteiger partial charge on any atom is 0.330 e. The molecule has 0 heterocycles. The summed E-state index contributed by atoms with van der Waals surface area (Å²) in [4.78, 5) is 12.2. The molecule has 0 unspecified atom stereocenters. The van der Waals surface area contributed by atoms with Gasteiger partial charge in [-0.2, -0.15) is 0 Å². The van der Waals surface area contributed by atoms with Crippen molar-refractivity contribution in [2.24, 2.45) is 17.8 Å². The monoisotopic (exact) mass is 963 g/mol. The molecule has 2 aromatic carbocycles. The first kappa shape index (κ1) is 58.7. The first-order valence-corrected chi connectivity index (χ1v) is 35.8. The first-order valence-electron chi connectivity index (χ1n) is 25.2. The van der Waals surface area contributed by atoms with Crippen molar-refractivity contribution in [3.8, 4) is 0 Å². The van der Waals surface area contributed by atoms with Crippen molar-refractivity contribution >= 4 is 49.4 Å². The highest BCUT2D eigenvalue weighted by Gasteiger charge is 2.50. The van der Waals surface area contributed by atoms with E-state index in [1.54, 1.807) is 6.08 Å². The first-order chi connectivity index (χ1) is 30.7. The smallest absolute Gasteiger partial charge is 0.330 e. The van der Waals surface area contributed by atoms with Crippen LogP contribution in [-0.4, -0.2) is 77.6 Å². The van der Waals surface area contributed by atoms with Gasteiger partial charge in [-0.05, 0) is 76.6 Å². The molecule has 2 aromatic rings. The Morgan fingerprint density at radius 1 is 0.662 bits per heavy atom. The van der Waals surface area contributed by atoms with Crippen LogP contribution in [0.3, 0.4) is 0 Å². The largest absolute Gasteiger partial charge is 0.463 e. The van der Waals surface area contributed by atoms with Crippen molar-refractivity contribution in [2.75, 3.05) is 20.3 Å². The van der Waals surface area contributed by atoms with E-state index in [1.165, 1.54) is 22.0 Å². The Kier molecular flexibility index (Phi) is 25.4. The van der Waals surface area contributed by atoms with E-state index in [4.69, 9.17) is 22.8 Å². The molecule has 65 heavy (non-hydrogen) atoms. The van der Waals surface area contributed by atoms with Gasteiger partial charge >= 0.3 is 5.97 Å². The Morgan fingerprint density at radius 2 is 1.15 bits per heavy atom. The van der Waals surface area contributed by atoms with Gasteiger partial charge in [-0.15, -0.1) is 0 Å². The summed E-state index contributed by atoms with van der Waals surface area (Å²) >= 11 is 0. The minimum absolute atomic E-state index is 0.0771. The summed E-state index contributed by atoms with van der Waals surface area (Å²) in [6.45, 7) is 38.2. The van der Waals surface area contributed by atoms with Gasteiger partial charge in [0.15, 0.2) is 16.6 Å². The van der Waals surface area contributed by atoms with Crippen LogP contribution in [0.25, 0.3) is 0 Å². The lowest BCUT2D eigenvalue weighted by Crippen LogP contribution is -2.66. The summed E-state index contributed by atoms with van der Waals surface area (Å²) in [5.74, 6) is -0.0210. The number of benzene rings is 2. The summed E-state index contributed by atoms with van der Waals surface area (Å²) in [5, 5.41) is 2.52. The second-order valence-corrected chi connectivity index (χ2v) is 40.1. The molecule has 0 amide bonds. The average Bonchev–Trinajstić information content (AvgIpc) is 3.28. The minimum atomic E-state index is -2.67. The SMILES string of the molecule is CC[Si](CC)(CC)O[C@H]([C@H](C)[C@H](OC)[C@@H](C)/C=C/C=C/C=C/C(=O)OCC[Si](C)(C)C)[C@H](C)[C@@H](O[Si](CC)(CC)CC)/C(C)=C/CCO[Si](c1ccccc1)(c1ccccc1)C(C)(C)C. The van der Waals surface area contributed by atoms with Crippen LogP contribution in [0.4, 0.5) is 0 Å². The summed E-state index contributed by atoms with van der Waals surface area (Å²) < 4.78 is 34.5. The number of rotatable bonds is 30. The van der Waals surface area contributed by atoms with Crippen LogP contribution in [0, 0.1) is 17.8 Å². The summed E-state index contributed by atoms with van der Waals surface area (Å²) in [6, 6.07) is 29.3. The van der Waals surface area contributed by atoms with Gasteiger partial charge in [-0.3, -0.25) is 0 Å². The van der Waals surface area contributed by atoms with E-state index in [9.17, 15) is 4.79 Å². The summed E-state index contributed by atoms with van der Waals surface area (Å²) in [5.41, 5.74) is 1.27. The number of hydrogen-bond donors (Lipinski definition) is 0. The Labute approximate surface area is 403 Å². The number of carbonyl (C=O) groups is 1. The number of allylic oxidation sites excluding steroid dienone is 4. The van der Waals surface area contributed by atoms with Crippen LogP contribution in [0.5, 0.6) is 0 Å². The predicted molar refractivity (Wildman–Crippen MR) is 291 cm³/mol. The molecule has 0 saturated carbocycles. The quantitative estimate of drug-likeness (QED) is 0.0194. The average molecular weight is 964 g/mol. The third-order valence-corrected chi connectivity index (χ3v) is 30.3. The maximum absolute atomic E-state index is 12.2. The third kappa shape index (κ3) is 17.2.